The smallest absolute Gasteiger partial charge is 0.331 e. The van der Waals surface area contributed by atoms with Crippen LogP contribution >= 0.6 is 0 Å². The third-order valence-corrected chi connectivity index (χ3v) is 2.20. The van der Waals surface area contributed by atoms with Crippen molar-refractivity contribution >= 4 is 5.97 Å². The molecular weight excluding hydrogens is 308 g/mol. The summed E-state index contributed by atoms with van der Waals surface area (Å²) in [4.78, 5) is 25.6. The minimum absolute atomic E-state index is 0.0117. The van der Waals surface area contributed by atoms with E-state index in [9.17, 15) is 9.70 Å². The Balaban J connectivity index is 0. The van der Waals surface area contributed by atoms with Gasteiger partial charge in [0, 0.05) is 12.0 Å². The number of carboxylic acid groups (broad SMARTS) is 1. The van der Waals surface area contributed by atoms with Gasteiger partial charge in [0.2, 0.25) is 6.54 Å². The van der Waals surface area contributed by atoms with E-state index in [4.69, 9.17) is 24.9 Å². The second-order valence-corrected chi connectivity index (χ2v) is 3.55. The fourth-order valence-electron chi connectivity index (χ4n) is 1.41. The number of hydrogen-bond acceptors (Lipinski definition) is 7. The molecule has 1 rings (SSSR count). The maximum absolute atomic E-state index is 10.5. The molecule has 1 atom stereocenters. The lowest BCUT2D eigenvalue weighted by atomic mass is 10.1. The Morgan fingerprint density at radius 3 is 2.52 bits per heavy atom. The van der Waals surface area contributed by atoms with E-state index in [0.29, 0.717) is 11.3 Å². The van der Waals surface area contributed by atoms with Crippen LogP contribution in [0.25, 0.3) is 0 Å². The molecule has 0 aliphatic rings. The van der Waals surface area contributed by atoms with E-state index in [2.05, 4.69) is 5.48 Å². The molecular formula is C14H25N2O7+. The van der Waals surface area contributed by atoms with Crippen molar-refractivity contribution in [3.8, 4) is 5.75 Å². The Morgan fingerprint density at radius 1 is 1.35 bits per heavy atom. The number of aliphatic carboxylic acids is 1. The van der Waals surface area contributed by atoms with E-state index in [-0.39, 0.29) is 6.54 Å². The van der Waals surface area contributed by atoms with E-state index in [1.807, 2.05) is 13.8 Å². The minimum Gasteiger partial charge on any atom is -0.479 e. The van der Waals surface area contributed by atoms with Crippen molar-refractivity contribution in [2.75, 3.05) is 27.1 Å². The zero-order chi connectivity index (χ0) is 18.1. The molecule has 0 saturated carbocycles. The normalized spacial score (nSPS) is 10.3. The van der Waals surface area contributed by atoms with Crippen molar-refractivity contribution < 1.29 is 34.9 Å². The molecule has 0 spiro atoms. The third kappa shape index (κ3) is 11.2. The highest BCUT2D eigenvalue weighted by Crippen LogP contribution is 2.18. The van der Waals surface area contributed by atoms with Gasteiger partial charge >= 0.3 is 5.97 Å². The average molecular weight is 333 g/mol. The van der Waals surface area contributed by atoms with Crippen LogP contribution in [0.4, 0.5) is 0 Å². The second kappa shape index (κ2) is 16.3. The van der Waals surface area contributed by atoms with Crippen molar-refractivity contribution in [3.63, 3.8) is 0 Å². The molecule has 1 unspecified atom stereocenters. The number of aliphatic hydroxyl groups excluding tert-OH is 2. The highest BCUT2D eigenvalue weighted by molar-refractivity contribution is 5.67. The first kappa shape index (κ1) is 23.2. The van der Waals surface area contributed by atoms with Crippen LogP contribution < -0.4 is 15.4 Å². The summed E-state index contributed by atoms with van der Waals surface area (Å²) in [6.07, 6.45) is 0. The maximum atomic E-state index is 10.5. The monoisotopic (exact) mass is 333 g/mol. The number of carboxylic acids is 1. The van der Waals surface area contributed by atoms with E-state index < -0.39 is 25.4 Å². The maximum Gasteiger partial charge on any atom is 0.331 e. The third-order valence-electron chi connectivity index (χ3n) is 2.20. The molecule has 0 fully saturated rings. The molecule has 0 radical (unpaired) electrons. The predicted octanol–water partition coefficient (Wildman–Crippen LogP) is -0.856. The van der Waals surface area contributed by atoms with E-state index in [1.165, 1.54) is 0 Å². The molecule has 5 N–H and O–H groups in total. The number of ether oxygens (including phenoxy) is 1. The number of hydroxylamine groups is 1. The highest BCUT2D eigenvalue weighted by atomic mass is 16.7. The van der Waals surface area contributed by atoms with E-state index >= 15 is 0 Å². The molecule has 0 aliphatic heterocycles. The molecule has 0 aliphatic carbocycles. The van der Waals surface area contributed by atoms with Crippen molar-refractivity contribution in [1.29, 1.82) is 0 Å². The summed E-state index contributed by atoms with van der Waals surface area (Å²) >= 11 is 0. The summed E-state index contributed by atoms with van der Waals surface area (Å²) in [7, 11) is 1.00. The number of carbonyl (C=O) groups is 1. The lowest BCUT2D eigenvalue weighted by Gasteiger charge is -2.14. The van der Waals surface area contributed by atoms with Crippen LogP contribution in [-0.2, 0) is 9.63 Å². The van der Waals surface area contributed by atoms with Gasteiger partial charge in [-0.2, -0.15) is 5.48 Å². The predicted molar refractivity (Wildman–Crippen MR) is 82.3 cm³/mol. The molecule has 0 amide bonds. The zero-order valence-corrected chi connectivity index (χ0v) is 13.5. The van der Waals surface area contributed by atoms with Gasteiger partial charge < -0.3 is 20.1 Å². The lowest BCUT2D eigenvalue weighted by molar-refractivity contribution is -0.487. The molecule has 1 aromatic carbocycles. The first-order valence-electron chi connectivity index (χ1n) is 6.89. The standard InChI is InChI=1S/C11H14N2O6.C2H6.CH4O/c14-7-18-9-3-1-2-8(4-9)10(5-12-17)13-19-6-11(15)16;2*1-2/h1-4,10,13-14H,5-7H2,(H,15,16);1-2H3;2H,1H3/p+1. The fraction of sp³-hybridized carbons (Fsp3) is 0.500. The first-order chi connectivity index (χ1) is 11.2. The van der Waals surface area contributed by atoms with Gasteiger partial charge in [-0.05, 0) is 22.9 Å². The molecule has 0 bridgehead atoms. The van der Waals surface area contributed by atoms with Crippen molar-refractivity contribution in [1.82, 2.24) is 5.48 Å². The first-order valence-corrected chi connectivity index (χ1v) is 6.89. The largest absolute Gasteiger partial charge is 0.479 e. The fourth-order valence-corrected chi connectivity index (χ4v) is 1.41. The highest BCUT2D eigenvalue weighted by Gasteiger charge is 2.16. The van der Waals surface area contributed by atoms with E-state index in [1.54, 1.807) is 29.4 Å². The summed E-state index contributed by atoms with van der Waals surface area (Å²) < 4.78 is 4.91. The van der Waals surface area contributed by atoms with Crippen LogP contribution in [0.1, 0.15) is 25.5 Å². The summed E-state index contributed by atoms with van der Waals surface area (Å²) in [6.45, 7) is 3.00. The molecule has 9 heteroatoms. The quantitative estimate of drug-likeness (QED) is 0.291. The Hall–Kier alpha value is -2.07. The number of benzene rings is 1. The van der Waals surface area contributed by atoms with Crippen LogP contribution in [0.3, 0.4) is 0 Å². The van der Waals surface area contributed by atoms with Crippen LogP contribution in [0, 0.1) is 4.91 Å². The Kier molecular flexibility index (Phi) is 16.4. The number of aliphatic hydroxyl groups is 2. The topological polar surface area (TPSA) is 139 Å². The van der Waals surface area contributed by atoms with Crippen molar-refractivity contribution in [2.45, 2.75) is 19.9 Å². The van der Waals surface area contributed by atoms with Crippen LogP contribution in [0.5, 0.6) is 5.75 Å². The molecule has 132 valence electrons. The van der Waals surface area contributed by atoms with Gasteiger partial charge in [-0.3, -0.25) is 4.84 Å². The van der Waals surface area contributed by atoms with Crippen LogP contribution in [-0.4, -0.2) is 48.3 Å². The number of rotatable bonds is 9. The van der Waals surface area contributed by atoms with E-state index in [0.717, 1.165) is 7.11 Å². The summed E-state index contributed by atoms with van der Waals surface area (Å²) in [6, 6.07) is 6.09. The molecule has 23 heavy (non-hydrogen) atoms. The Labute approximate surface area is 134 Å². The van der Waals surface area contributed by atoms with Gasteiger partial charge in [-0.25, -0.2) is 4.79 Å². The number of nitrogens with one attached hydrogen (secondary N) is 2. The number of hydrogen-bond donors (Lipinski definition) is 5. The van der Waals surface area contributed by atoms with Gasteiger partial charge in [0.15, 0.2) is 13.4 Å². The Morgan fingerprint density at radius 2 is 2.00 bits per heavy atom. The minimum atomic E-state index is -1.13. The van der Waals surface area contributed by atoms with Gasteiger partial charge in [0.25, 0.3) is 0 Å². The summed E-state index contributed by atoms with van der Waals surface area (Å²) in [5.74, 6) is -0.699. The summed E-state index contributed by atoms with van der Waals surface area (Å²) in [5.41, 5.74) is 3.13. The van der Waals surface area contributed by atoms with Crippen LogP contribution in [0.15, 0.2) is 24.3 Å². The Bertz CT molecular complexity index is 429. The molecule has 1 aromatic rings. The van der Waals surface area contributed by atoms with Crippen molar-refractivity contribution in [2.24, 2.45) is 0 Å². The molecule has 0 heterocycles. The lowest BCUT2D eigenvalue weighted by Crippen LogP contribution is -2.67. The summed E-state index contributed by atoms with van der Waals surface area (Å²) in [5, 5.41) is 25.8. The zero-order valence-electron chi connectivity index (χ0n) is 13.5. The van der Waals surface area contributed by atoms with Gasteiger partial charge in [-0.15, -0.1) is 0 Å². The number of nitroso groups, excluding NO2 is 1. The molecule has 0 aromatic heterocycles. The van der Waals surface area contributed by atoms with Gasteiger partial charge in [0.1, 0.15) is 11.8 Å². The SMILES string of the molecule is CC.CO.O=[NH+]CC(NOCC(=O)O)c1cccc(OCO)c1. The van der Waals surface area contributed by atoms with Crippen molar-refractivity contribution in [3.05, 3.63) is 34.7 Å². The van der Waals surface area contributed by atoms with Gasteiger partial charge in [-0.1, -0.05) is 26.0 Å². The molecule has 0 saturated heterocycles. The average Bonchev–Trinajstić information content (AvgIpc) is 2.58. The molecule has 9 nitrogen and oxygen atoms in total. The second-order valence-electron chi connectivity index (χ2n) is 3.55. The van der Waals surface area contributed by atoms with Crippen LogP contribution in [0.2, 0.25) is 0 Å². The van der Waals surface area contributed by atoms with Gasteiger partial charge in [0.05, 0.1) is 0 Å².